The van der Waals surface area contributed by atoms with Gasteiger partial charge in [-0.15, -0.1) is 0 Å². The van der Waals surface area contributed by atoms with Crippen LogP contribution in [0.2, 0.25) is 18.1 Å². The number of aromatic nitrogens is 3. The van der Waals surface area contributed by atoms with Crippen LogP contribution in [0.3, 0.4) is 0 Å². The van der Waals surface area contributed by atoms with Gasteiger partial charge in [0, 0.05) is 16.6 Å². The average Bonchev–Trinajstić information content (AvgIpc) is 2.91. The highest BCUT2D eigenvalue weighted by Crippen LogP contribution is 2.47. The maximum atomic E-state index is 16.1. The lowest BCUT2D eigenvalue weighted by molar-refractivity contribution is -0.161. The highest BCUT2D eigenvalue weighted by molar-refractivity contribution is 7.71. The van der Waals surface area contributed by atoms with Crippen molar-refractivity contribution in [3.63, 3.8) is 0 Å². The third-order valence-corrected chi connectivity index (χ3v) is 16.4. The molecule has 11 heteroatoms. The first-order valence-electron chi connectivity index (χ1n) is 14.3. The normalized spacial score (nSPS) is 15.3. The van der Waals surface area contributed by atoms with Gasteiger partial charge in [0.15, 0.2) is 8.32 Å². The Labute approximate surface area is 243 Å². The van der Waals surface area contributed by atoms with Crippen molar-refractivity contribution < 1.29 is 22.2 Å². The molecule has 1 N–H and O–H groups in total. The third-order valence-electron chi connectivity index (χ3n) is 8.47. The molecular weight excluding hydrogens is 564 g/mol. The van der Waals surface area contributed by atoms with Crippen LogP contribution in [0.15, 0.2) is 30.5 Å². The number of hydrogen-bond acceptors (Lipinski definition) is 6. The molecule has 0 fully saturated rings. The van der Waals surface area contributed by atoms with Gasteiger partial charge in [0.05, 0.1) is 23.3 Å². The van der Waals surface area contributed by atoms with E-state index in [4.69, 9.17) is 4.43 Å². The van der Waals surface area contributed by atoms with Crippen molar-refractivity contribution in [2.45, 2.75) is 104 Å². The summed E-state index contributed by atoms with van der Waals surface area (Å²) >= 11 is 0. The van der Waals surface area contributed by atoms with Crippen LogP contribution < -0.4 is 10.8 Å². The zero-order valence-corrected chi connectivity index (χ0v) is 27.8. The summed E-state index contributed by atoms with van der Waals surface area (Å²) in [5.74, 6) is -3.72. The molecule has 2 atom stereocenters. The summed E-state index contributed by atoms with van der Waals surface area (Å²) in [6.07, 6.45) is 1.56. The van der Waals surface area contributed by atoms with E-state index in [0.29, 0.717) is 46.1 Å². The molecular formula is C30H44F3N4O2PSi. The number of rotatable bonds is 12. The van der Waals surface area contributed by atoms with Crippen molar-refractivity contribution in [2.75, 3.05) is 12.0 Å². The molecule has 0 saturated heterocycles. The minimum absolute atomic E-state index is 0.0741. The van der Waals surface area contributed by atoms with Gasteiger partial charge in [-0.2, -0.15) is 8.78 Å². The smallest absolute Gasteiger partial charge is 0.302 e. The number of pyridine rings is 1. The highest BCUT2D eigenvalue weighted by Gasteiger charge is 2.54. The number of aryl methyl sites for hydroxylation is 1. The van der Waals surface area contributed by atoms with Crippen molar-refractivity contribution >= 4 is 37.6 Å². The van der Waals surface area contributed by atoms with E-state index >= 15 is 13.2 Å². The van der Waals surface area contributed by atoms with Gasteiger partial charge < -0.3 is 14.3 Å². The van der Waals surface area contributed by atoms with Gasteiger partial charge in [0.25, 0.3) is 0 Å². The van der Waals surface area contributed by atoms with Crippen molar-refractivity contribution in [3.05, 3.63) is 53.2 Å². The second-order valence-electron chi connectivity index (χ2n) is 11.8. The van der Waals surface area contributed by atoms with Crippen LogP contribution in [0.1, 0.15) is 78.4 Å². The number of anilines is 1. The summed E-state index contributed by atoms with van der Waals surface area (Å²) in [5.41, 5.74) is -1.64. The van der Waals surface area contributed by atoms with Crippen LogP contribution in [0.5, 0.6) is 0 Å². The van der Waals surface area contributed by atoms with E-state index in [1.165, 1.54) is 26.0 Å². The van der Waals surface area contributed by atoms with Gasteiger partial charge >= 0.3 is 5.92 Å². The maximum Gasteiger partial charge on any atom is 0.302 e. The third kappa shape index (κ3) is 6.39. The molecule has 0 saturated carbocycles. The zero-order valence-electron chi connectivity index (χ0n) is 25.9. The molecule has 0 radical (unpaired) electrons. The Morgan fingerprint density at radius 2 is 1.68 bits per heavy atom. The molecule has 3 aromatic rings. The van der Waals surface area contributed by atoms with Gasteiger partial charge in [-0.3, -0.25) is 4.98 Å². The molecule has 0 aliphatic heterocycles. The second kappa shape index (κ2) is 12.1. The minimum atomic E-state index is -3.58. The lowest BCUT2D eigenvalue weighted by Gasteiger charge is -2.42. The molecule has 6 nitrogen and oxygen atoms in total. The van der Waals surface area contributed by atoms with Crippen LogP contribution in [0, 0.1) is 12.7 Å². The van der Waals surface area contributed by atoms with E-state index < -0.39 is 44.4 Å². The molecule has 41 heavy (non-hydrogen) atoms. The number of benzene rings is 1. The summed E-state index contributed by atoms with van der Waals surface area (Å²) in [7, 11) is -5.17. The summed E-state index contributed by atoms with van der Waals surface area (Å²) in [5, 5.41) is 3.77. The Kier molecular flexibility index (Phi) is 9.83. The van der Waals surface area contributed by atoms with Gasteiger partial charge in [-0.05, 0) is 64.6 Å². The Hall–Kier alpha value is -2.29. The summed E-state index contributed by atoms with van der Waals surface area (Å²) < 4.78 is 67.7. The molecule has 0 amide bonds. The van der Waals surface area contributed by atoms with E-state index in [-0.39, 0.29) is 11.2 Å². The van der Waals surface area contributed by atoms with E-state index in [1.54, 1.807) is 32.8 Å². The number of nitrogens with one attached hydrogen (secondary N) is 1. The van der Waals surface area contributed by atoms with Gasteiger partial charge in [-0.25, -0.2) is 14.4 Å². The minimum Gasteiger partial charge on any atom is -0.405 e. The lowest BCUT2D eigenvalue weighted by atomic mass is 9.91. The number of halogens is 3. The number of hydrogen-bond donors (Lipinski definition) is 1. The molecule has 0 aliphatic carbocycles. The van der Waals surface area contributed by atoms with E-state index in [0.717, 1.165) is 6.07 Å². The summed E-state index contributed by atoms with van der Waals surface area (Å²) in [4.78, 5) is 13.4. The number of fused-ring (bicyclic) bond motifs is 1. The number of alkyl halides is 2. The van der Waals surface area contributed by atoms with Crippen LogP contribution in [0.4, 0.5) is 19.0 Å². The average molecular weight is 609 g/mol. The fourth-order valence-corrected chi connectivity index (χ4v) is 9.41. The van der Waals surface area contributed by atoms with Crippen molar-refractivity contribution in [1.29, 1.82) is 0 Å². The maximum absolute atomic E-state index is 16.1. The monoisotopic (exact) mass is 608 g/mol. The number of nitrogens with zero attached hydrogens (tertiary/aromatic N) is 3. The van der Waals surface area contributed by atoms with Crippen LogP contribution in [-0.4, -0.2) is 41.2 Å². The van der Waals surface area contributed by atoms with E-state index in [9.17, 15) is 4.57 Å². The van der Waals surface area contributed by atoms with E-state index in [2.05, 4.69) is 20.3 Å². The van der Waals surface area contributed by atoms with Crippen molar-refractivity contribution in [2.24, 2.45) is 0 Å². The largest absolute Gasteiger partial charge is 0.405 e. The fraction of sp³-hybridized carbons (Fsp3) is 0.567. The first-order chi connectivity index (χ1) is 19.0. The molecule has 3 rings (SSSR count). The van der Waals surface area contributed by atoms with Gasteiger partial charge in [-0.1, -0.05) is 46.8 Å². The zero-order chi connectivity index (χ0) is 31.0. The second-order valence-corrected chi connectivity index (χ2v) is 19.9. The molecule has 0 aliphatic rings. The molecule has 1 aromatic carbocycles. The standard InChI is InChI=1S/C30H44F3N4O2PSi/c1-11-41(12-2,13-3)39-29(8,9)30(32,33)24-16-14-15-22(27(24)31)20(6)35-28-23-17-26(40(10,38)19(4)5)34-18-25(23)36-21(7)37-28/h14-20H,11-13H2,1-10H3,(H,35,36,37)/t20-,40?/m1/s1. The Balaban J connectivity index is 2.04. The molecule has 0 bridgehead atoms. The predicted molar refractivity (Wildman–Crippen MR) is 165 cm³/mol. The Morgan fingerprint density at radius 3 is 2.24 bits per heavy atom. The Bertz CT molecular complexity index is 1440. The molecule has 2 aromatic heterocycles. The molecule has 1 unspecified atom stereocenters. The first-order valence-corrected chi connectivity index (χ1v) is 19.1. The van der Waals surface area contributed by atoms with Crippen LogP contribution in [0.25, 0.3) is 10.9 Å². The Morgan fingerprint density at radius 1 is 1.07 bits per heavy atom. The predicted octanol–water partition coefficient (Wildman–Crippen LogP) is 8.56. The van der Waals surface area contributed by atoms with E-state index in [1.807, 2.05) is 34.6 Å². The fourth-order valence-electron chi connectivity index (χ4n) is 5.06. The molecule has 2 heterocycles. The molecule has 0 spiro atoms. The van der Waals surface area contributed by atoms with Crippen molar-refractivity contribution in [3.8, 4) is 0 Å². The van der Waals surface area contributed by atoms with Crippen LogP contribution in [-0.2, 0) is 14.9 Å². The van der Waals surface area contributed by atoms with Crippen LogP contribution >= 0.6 is 7.14 Å². The topological polar surface area (TPSA) is 77.0 Å². The summed E-state index contributed by atoms with van der Waals surface area (Å²) in [6.45, 7) is 17.5. The quantitative estimate of drug-likeness (QED) is 0.164. The first kappa shape index (κ1) is 33.2. The van der Waals surface area contributed by atoms with Gasteiger partial charge in [0.1, 0.15) is 35.6 Å². The molecule has 226 valence electrons. The summed E-state index contributed by atoms with van der Waals surface area (Å²) in [6, 6.07) is 7.17. The SMILES string of the molecule is CC[Si](CC)(CC)OC(C)(C)C(F)(F)c1cccc([C@@H](C)Nc2nc(C)nc3cnc(P(C)(=O)C(C)C)cc23)c1F. The highest BCUT2D eigenvalue weighted by atomic mass is 31.2. The lowest BCUT2D eigenvalue weighted by Crippen LogP contribution is -2.52. The van der Waals surface area contributed by atoms with Crippen molar-refractivity contribution in [1.82, 2.24) is 15.0 Å². The van der Waals surface area contributed by atoms with Gasteiger partial charge in [0.2, 0.25) is 0 Å².